The molecule has 0 spiro atoms. The van der Waals surface area contributed by atoms with Crippen LogP contribution < -0.4 is 11.2 Å². The standard InChI is InChI=1S/C19H18ClF3N2O6/c1-9(2)30-16(27)10(3)31-17(28)12-7-11(5-6-13(12)20)25-15(26)8-14(19(21,22)23)24(4)18(25)29/h5-10H,1-4H3. The summed E-state index contributed by atoms with van der Waals surface area (Å²) in [5.74, 6) is -1.86. The monoisotopic (exact) mass is 462 g/mol. The second kappa shape index (κ2) is 8.96. The Bertz CT molecular complexity index is 1140. The molecule has 31 heavy (non-hydrogen) atoms. The van der Waals surface area contributed by atoms with Gasteiger partial charge in [0.1, 0.15) is 5.69 Å². The third-order valence-electron chi connectivity index (χ3n) is 4.01. The summed E-state index contributed by atoms with van der Waals surface area (Å²) in [7, 11) is 0.855. The van der Waals surface area contributed by atoms with E-state index in [-0.39, 0.29) is 26.9 Å². The van der Waals surface area contributed by atoms with E-state index in [4.69, 9.17) is 21.1 Å². The number of nitrogens with zero attached hydrogens (tertiary/aromatic N) is 2. The van der Waals surface area contributed by atoms with Gasteiger partial charge in [-0.25, -0.2) is 19.0 Å². The summed E-state index contributed by atoms with van der Waals surface area (Å²) in [4.78, 5) is 48.9. The summed E-state index contributed by atoms with van der Waals surface area (Å²) in [5, 5.41) is -0.130. The summed E-state index contributed by atoms with van der Waals surface area (Å²) in [6, 6.07) is 3.60. The maximum Gasteiger partial charge on any atom is 0.431 e. The topological polar surface area (TPSA) is 96.6 Å². The maximum absolute atomic E-state index is 13.0. The second-order valence-electron chi connectivity index (χ2n) is 6.74. The molecule has 12 heteroatoms. The molecule has 0 N–H and O–H groups in total. The van der Waals surface area contributed by atoms with Crippen LogP contribution in [0.2, 0.25) is 5.02 Å². The normalized spacial score (nSPS) is 12.5. The molecule has 0 aliphatic carbocycles. The van der Waals surface area contributed by atoms with Crippen LogP contribution in [0.3, 0.4) is 0 Å². The van der Waals surface area contributed by atoms with E-state index in [9.17, 15) is 32.3 Å². The molecule has 168 valence electrons. The number of hydrogen-bond donors (Lipinski definition) is 0. The number of hydrogen-bond acceptors (Lipinski definition) is 6. The van der Waals surface area contributed by atoms with Crippen LogP contribution in [0, 0.1) is 0 Å². The Labute approximate surface area is 178 Å². The molecule has 0 aliphatic rings. The van der Waals surface area contributed by atoms with Crippen molar-refractivity contribution >= 4 is 23.5 Å². The predicted molar refractivity (Wildman–Crippen MR) is 103 cm³/mol. The summed E-state index contributed by atoms with van der Waals surface area (Å²) in [5.41, 5.74) is -4.49. The average Bonchev–Trinajstić information content (AvgIpc) is 2.64. The molecule has 2 rings (SSSR count). The van der Waals surface area contributed by atoms with Crippen molar-refractivity contribution in [2.24, 2.45) is 7.05 Å². The lowest BCUT2D eigenvalue weighted by atomic mass is 10.2. The predicted octanol–water partition coefficient (Wildman–Crippen LogP) is 2.71. The molecule has 0 aliphatic heterocycles. The second-order valence-corrected chi connectivity index (χ2v) is 7.15. The molecule has 1 atom stereocenters. The minimum atomic E-state index is -4.91. The molecule has 1 aromatic carbocycles. The average molecular weight is 463 g/mol. The van der Waals surface area contributed by atoms with Crippen molar-refractivity contribution in [3.8, 4) is 5.69 Å². The van der Waals surface area contributed by atoms with Gasteiger partial charge in [-0.15, -0.1) is 0 Å². The lowest BCUT2D eigenvalue weighted by molar-refractivity contribution is -0.156. The Morgan fingerprint density at radius 1 is 1.06 bits per heavy atom. The summed E-state index contributed by atoms with van der Waals surface area (Å²) >= 11 is 5.99. The van der Waals surface area contributed by atoms with Crippen molar-refractivity contribution in [2.75, 3.05) is 0 Å². The van der Waals surface area contributed by atoms with E-state index in [0.29, 0.717) is 4.57 Å². The third-order valence-corrected chi connectivity index (χ3v) is 4.34. The van der Waals surface area contributed by atoms with Crippen LogP contribution in [0.4, 0.5) is 13.2 Å². The third kappa shape index (κ3) is 5.35. The first kappa shape index (κ1) is 24.2. The number of ether oxygens (including phenoxy) is 2. The molecule has 1 heterocycles. The zero-order chi connectivity index (χ0) is 23.7. The van der Waals surface area contributed by atoms with E-state index in [1.54, 1.807) is 13.8 Å². The Morgan fingerprint density at radius 2 is 1.68 bits per heavy atom. The summed E-state index contributed by atoms with van der Waals surface area (Å²) in [6.07, 6.45) is -6.64. The summed E-state index contributed by atoms with van der Waals surface area (Å²) in [6.45, 7) is 4.49. The first-order chi connectivity index (χ1) is 14.2. The molecule has 0 fully saturated rings. The van der Waals surface area contributed by atoms with Gasteiger partial charge in [0, 0.05) is 13.1 Å². The zero-order valence-corrected chi connectivity index (χ0v) is 17.6. The van der Waals surface area contributed by atoms with Crippen molar-refractivity contribution < 1.29 is 32.2 Å². The van der Waals surface area contributed by atoms with E-state index >= 15 is 0 Å². The van der Waals surface area contributed by atoms with E-state index in [2.05, 4.69) is 0 Å². The van der Waals surface area contributed by atoms with Crippen molar-refractivity contribution in [1.82, 2.24) is 9.13 Å². The van der Waals surface area contributed by atoms with Crippen molar-refractivity contribution in [1.29, 1.82) is 0 Å². The SMILES string of the molecule is CC(C)OC(=O)C(C)OC(=O)c1cc(-n2c(=O)cc(C(F)(F)F)n(C)c2=O)ccc1Cl. The van der Waals surface area contributed by atoms with Gasteiger partial charge in [-0.05, 0) is 39.0 Å². The molecule has 0 saturated carbocycles. The lowest BCUT2D eigenvalue weighted by Gasteiger charge is -2.16. The number of benzene rings is 1. The molecule has 1 aromatic heterocycles. The van der Waals surface area contributed by atoms with Crippen LogP contribution in [0.25, 0.3) is 5.69 Å². The first-order valence-electron chi connectivity index (χ1n) is 8.85. The Kier molecular flexibility index (Phi) is 6.99. The molecular weight excluding hydrogens is 445 g/mol. The van der Waals surface area contributed by atoms with Gasteiger partial charge in [0.05, 0.1) is 22.4 Å². The Hall–Kier alpha value is -3.08. The van der Waals surface area contributed by atoms with Crippen LogP contribution in [0.15, 0.2) is 33.9 Å². The fourth-order valence-corrected chi connectivity index (χ4v) is 2.74. The first-order valence-corrected chi connectivity index (χ1v) is 9.23. The van der Waals surface area contributed by atoms with E-state index in [0.717, 1.165) is 19.2 Å². The van der Waals surface area contributed by atoms with E-state index < -0.39 is 47.3 Å². The van der Waals surface area contributed by atoms with Gasteiger partial charge < -0.3 is 9.47 Å². The largest absolute Gasteiger partial charge is 0.460 e. The molecule has 1 unspecified atom stereocenters. The van der Waals surface area contributed by atoms with Crippen molar-refractivity contribution in [3.63, 3.8) is 0 Å². The molecule has 8 nitrogen and oxygen atoms in total. The van der Waals surface area contributed by atoms with E-state index in [1.165, 1.54) is 13.0 Å². The number of halogens is 4. The summed E-state index contributed by atoms with van der Waals surface area (Å²) < 4.78 is 49.7. The van der Waals surface area contributed by atoms with Gasteiger partial charge in [0.25, 0.3) is 5.56 Å². The quantitative estimate of drug-likeness (QED) is 0.634. The molecular formula is C19H18ClF3N2O6. The number of esters is 2. The fourth-order valence-electron chi connectivity index (χ4n) is 2.54. The Morgan fingerprint density at radius 3 is 2.23 bits per heavy atom. The highest BCUT2D eigenvalue weighted by molar-refractivity contribution is 6.33. The minimum absolute atomic E-state index is 0.130. The highest BCUT2D eigenvalue weighted by Crippen LogP contribution is 2.27. The van der Waals surface area contributed by atoms with Crippen LogP contribution in [0.1, 0.15) is 36.8 Å². The number of carbonyl (C=O) groups excluding carboxylic acids is 2. The highest BCUT2D eigenvalue weighted by atomic mass is 35.5. The number of aromatic nitrogens is 2. The van der Waals surface area contributed by atoms with Crippen molar-refractivity contribution in [2.45, 2.75) is 39.2 Å². The van der Waals surface area contributed by atoms with Gasteiger partial charge in [-0.2, -0.15) is 13.2 Å². The number of carbonyl (C=O) groups is 2. The van der Waals surface area contributed by atoms with Crippen LogP contribution in [0.5, 0.6) is 0 Å². The smallest absolute Gasteiger partial charge is 0.431 e. The molecule has 0 saturated heterocycles. The number of rotatable bonds is 5. The maximum atomic E-state index is 13.0. The molecule has 0 amide bonds. The van der Waals surface area contributed by atoms with Gasteiger partial charge in [0.15, 0.2) is 6.10 Å². The van der Waals surface area contributed by atoms with Gasteiger partial charge >= 0.3 is 23.8 Å². The molecule has 2 aromatic rings. The van der Waals surface area contributed by atoms with E-state index in [1.807, 2.05) is 0 Å². The van der Waals surface area contributed by atoms with Crippen LogP contribution in [-0.4, -0.2) is 33.3 Å². The number of alkyl halides is 3. The van der Waals surface area contributed by atoms with Gasteiger partial charge in [-0.1, -0.05) is 11.6 Å². The zero-order valence-electron chi connectivity index (χ0n) is 16.8. The molecule has 0 radical (unpaired) electrons. The van der Waals surface area contributed by atoms with Crippen molar-refractivity contribution in [3.05, 3.63) is 61.4 Å². The fraction of sp³-hybridized carbons (Fsp3) is 0.368. The lowest BCUT2D eigenvalue weighted by Crippen LogP contribution is -2.40. The Balaban J connectivity index is 2.48. The minimum Gasteiger partial charge on any atom is -0.460 e. The molecule has 0 bridgehead atoms. The van der Waals surface area contributed by atoms with Crippen LogP contribution >= 0.6 is 11.6 Å². The van der Waals surface area contributed by atoms with Gasteiger partial charge in [-0.3, -0.25) is 9.36 Å². The van der Waals surface area contributed by atoms with Gasteiger partial charge in [0.2, 0.25) is 0 Å². The van der Waals surface area contributed by atoms with Crippen LogP contribution in [-0.2, 0) is 27.5 Å². The highest BCUT2D eigenvalue weighted by Gasteiger charge is 2.35.